The molecule has 0 aliphatic carbocycles. The van der Waals surface area contributed by atoms with Crippen LogP contribution in [-0.4, -0.2) is 59.9 Å². The second kappa shape index (κ2) is 13.1. The van der Waals surface area contributed by atoms with Gasteiger partial charge < -0.3 is 15.3 Å². The summed E-state index contributed by atoms with van der Waals surface area (Å²) < 4.78 is 30.1. The fourth-order valence-electron chi connectivity index (χ4n) is 4.94. The van der Waals surface area contributed by atoms with Gasteiger partial charge in [0.2, 0.25) is 15.6 Å². The van der Waals surface area contributed by atoms with Crippen molar-refractivity contribution in [3.05, 3.63) is 78.4 Å². The van der Waals surface area contributed by atoms with Crippen molar-refractivity contribution in [2.75, 3.05) is 5.33 Å². The zero-order valence-electron chi connectivity index (χ0n) is 23.1. The Balaban J connectivity index is 1.65. The zero-order chi connectivity index (χ0) is 30.5. The van der Waals surface area contributed by atoms with Gasteiger partial charge in [-0.05, 0) is 22.9 Å². The number of carboxylic acids is 1. The summed E-state index contributed by atoms with van der Waals surface area (Å²) >= 11 is 3.04. The largest absolute Gasteiger partial charge is 0.481 e. The SMILES string of the molecule is CC(C)C(NS(=O)(=O)c1cccc2ccccc12)C1=NOC(Cc2ccccc2)(C(=O)N[C@@H](CC(=O)O)C(=O)CBr)C1. The first-order valence-corrected chi connectivity index (χ1v) is 16.0. The van der Waals surface area contributed by atoms with E-state index in [9.17, 15) is 27.9 Å². The number of Topliss-reactive ketones (excluding diaryl/α,β-unsaturated/α-hetero) is 1. The first-order chi connectivity index (χ1) is 20.0. The highest BCUT2D eigenvalue weighted by atomic mass is 79.9. The van der Waals surface area contributed by atoms with Gasteiger partial charge in [0, 0.05) is 18.2 Å². The number of alkyl halides is 1. The number of carbonyl (C=O) groups is 3. The standard InChI is InChI=1S/C30H32BrN3O7S/c1-19(2)28(34-42(39,40)26-14-8-12-21-11-6-7-13-22(21)26)24-17-30(41-33-24,16-20-9-4-3-5-10-20)29(38)32-23(15-27(36)37)25(35)18-31/h3-14,19,23,28,34H,15-18H2,1-2H3,(H,32,38)(H,36,37)/t23-,28?,30?/m0/s1. The van der Waals surface area contributed by atoms with E-state index in [-0.39, 0.29) is 29.0 Å². The molecule has 1 aliphatic rings. The number of nitrogens with one attached hydrogen (secondary N) is 2. The van der Waals surface area contributed by atoms with Crippen LogP contribution in [0.2, 0.25) is 0 Å². The van der Waals surface area contributed by atoms with Gasteiger partial charge in [-0.1, -0.05) is 102 Å². The van der Waals surface area contributed by atoms with E-state index >= 15 is 0 Å². The minimum Gasteiger partial charge on any atom is -0.481 e. The van der Waals surface area contributed by atoms with E-state index in [4.69, 9.17) is 4.84 Å². The zero-order valence-corrected chi connectivity index (χ0v) is 25.5. The Morgan fingerprint density at radius 3 is 2.36 bits per heavy atom. The monoisotopic (exact) mass is 657 g/mol. The average Bonchev–Trinajstić information content (AvgIpc) is 3.39. The summed E-state index contributed by atoms with van der Waals surface area (Å²) in [4.78, 5) is 43.6. The van der Waals surface area contributed by atoms with Gasteiger partial charge in [0.05, 0.1) is 34.4 Å². The summed E-state index contributed by atoms with van der Waals surface area (Å²) in [5, 5.41) is 17.3. The van der Waals surface area contributed by atoms with E-state index in [1.807, 2.05) is 38.1 Å². The fourth-order valence-corrected chi connectivity index (χ4v) is 6.94. The van der Waals surface area contributed by atoms with E-state index in [0.717, 1.165) is 10.9 Å². The Labute approximate surface area is 252 Å². The van der Waals surface area contributed by atoms with Crippen LogP contribution in [-0.2, 0) is 35.7 Å². The summed E-state index contributed by atoms with van der Waals surface area (Å²) in [5.41, 5.74) is -0.595. The molecule has 10 nitrogen and oxygen atoms in total. The van der Waals surface area contributed by atoms with E-state index in [1.54, 1.807) is 42.5 Å². The number of carbonyl (C=O) groups excluding carboxylic acids is 2. The van der Waals surface area contributed by atoms with E-state index < -0.39 is 51.8 Å². The van der Waals surface area contributed by atoms with Crippen molar-refractivity contribution in [3.63, 3.8) is 0 Å². The maximum atomic E-state index is 13.8. The summed E-state index contributed by atoms with van der Waals surface area (Å²) in [6.45, 7) is 3.65. The molecule has 42 heavy (non-hydrogen) atoms. The molecule has 2 unspecified atom stereocenters. The smallest absolute Gasteiger partial charge is 0.305 e. The van der Waals surface area contributed by atoms with Crippen LogP contribution in [0.4, 0.5) is 0 Å². The molecule has 4 rings (SSSR count). The Morgan fingerprint density at radius 1 is 1.02 bits per heavy atom. The number of oxime groups is 1. The molecule has 1 heterocycles. The van der Waals surface area contributed by atoms with Gasteiger partial charge in [0.15, 0.2) is 5.78 Å². The van der Waals surface area contributed by atoms with E-state index in [1.165, 1.54) is 6.07 Å². The quantitative estimate of drug-likeness (QED) is 0.236. The molecule has 1 amide bonds. The third-order valence-corrected chi connectivity index (χ3v) is 9.15. The van der Waals surface area contributed by atoms with Gasteiger partial charge in [-0.15, -0.1) is 0 Å². The Hall–Kier alpha value is -3.61. The van der Waals surface area contributed by atoms with Gasteiger partial charge in [-0.3, -0.25) is 14.4 Å². The Morgan fingerprint density at radius 2 is 1.69 bits per heavy atom. The number of rotatable bonds is 13. The second-order valence-corrected chi connectivity index (χ2v) is 12.8. The van der Waals surface area contributed by atoms with Crippen LogP contribution in [0.3, 0.4) is 0 Å². The minimum atomic E-state index is -4.03. The number of nitrogens with zero attached hydrogens (tertiary/aromatic N) is 1. The lowest BCUT2D eigenvalue weighted by Gasteiger charge is -2.29. The first-order valence-electron chi connectivity index (χ1n) is 13.4. The molecule has 3 N–H and O–H groups in total. The van der Waals surface area contributed by atoms with Crippen molar-refractivity contribution in [1.29, 1.82) is 0 Å². The number of hydrogen-bond acceptors (Lipinski definition) is 7. The third kappa shape index (κ3) is 7.05. The van der Waals surface area contributed by atoms with E-state index in [2.05, 4.69) is 31.1 Å². The molecule has 0 fully saturated rings. The molecule has 1 aliphatic heterocycles. The summed E-state index contributed by atoms with van der Waals surface area (Å²) in [5.74, 6) is -2.76. The van der Waals surface area contributed by atoms with Gasteiger partial charge >= 0.3 is 5.97 Å². The van der Waals surface area contributed by atoms with Crippen molar-refractivity contribution < 1.29 is 32.7 Å². The van der Waals surface area contributed by atoms with Gasteiger partial charge in [-0.2, -0.15) is 0 Å². The molecule has 3 aromatic carbocycles. The summed E-state index contributed by atoms with van der Waals surface area (Å²) in [6, 6.07) is 19.1. The van der Waals surface area contributed by atoms with Crippen LogP contribution in [0.5, 0.6) is 0 Å². The first kappa shape index (κ1) is 31.3. The number of carboxylic acid groups (broad SMARTS) is 1. The van der Waals surface area contributed by atoms with Crippen molar-refractivity contribution in [2.45, 2.75) is 55.7 Å². The van der Waals surface area contributed by atoms with Crippen LogP contribution in [0.15, 0.2) is 82.8 Å². The lowest BCUT2D eigenvalue weighted by molar-refractivity contribution is -0.147. The number of hydrogen-bond donors (Lipinski definition) is 3. The lowest BCUT2D eigenvalue weighted by atomic mass is 9.85. The molecule has 0 saturated heterocycles. The molecule has 0 aromatic heterocycles. The average molecular weight is 659 g/mol. The number of ketones is 1. The van der Waals surface area contributed by atoms with Crippen LogP contribution < -0.4 is 10.0 Å². The fraction of sp³-hybridized carbons (Fsp3) is 0.333. The normalized spacial score (nSPS) is 18.2. The molecule has 12 heteroatoms. The topological polar surface area (TPSA) is 151 Å². The lowest BCUT2D eigenvalue weighted by Crippen LogP contribution is -2.55. The number of benzene rings is 3. The molecular weight excluding hydrogens is 626 g/mol. The molecular formula is C30H32BrN3O7S. The van der Waals surface area contributed by atoms with Gasteiger partial charge in [0.1, 0.15) is 0 Å². The predicted molar refractivity (Wildman–Crippen MR) is 162 cm³/mol. The minimum absolute atomic E-state index is 0.0514. The van der Waals surface area contributed by atoms with Gasteiger partial charge in [0.25, 0.3) is 5.91 Å². The van der Waals surface area contributed by atoms with Crippen molar-refractivity contribution in [2.24, 2.45) is 11.1 Å². The van der Waals surface area contributed by atoms with Crippen LogP contribution in [0.1, 0.15) is 32.3 Å². The van der Waals surface area contributed by atoms with Crippen LogP contribution in [0, 0.1) is 5.92 Å². The highest BCUT2D eigenvalue weighted by Gasteiger charge is 2.49. The van der Waals surface area contributed by atoms with Crippen molar-refractivity contribution in [1.82, 2.24) is 10.0 Å². The molecule has 0 spiro atoms. The molecule has 3 atom stereocenters. The molecule has 0 bridgehead atoms. The highest BCUT2D eigenvalue weighted by Crippen LogP contribution is 2.32. The molecule has 0 radical (unpaired) electrons. The number of sulfonamides is 1. The maximum absolute atomic E-state index is 13.8. The van der Waals surface area contributed by atoms with Gasteiger partial charge in [-0.25, -0.2) is 13.1 Å². The van der Waals surface area contributed by atoms with Crippen molar-refractivity contribution >= 4 is 60.1 Å². The molecule has 0 saturated carbocycles. The van der Waals surface area contributed by atoms with Crippen molar-refractivity contribution in [3.8, 4) is 0 Å². The molecule has 222 valence electrons. The Bertz CT molecular complexity index is 1610. The Kier molecular flexibility index (Phi) is 9.80. The highest BCUT2D eigenvalue weighted by molar-refractivity contribution is 9.09. The number of amides is 1. The summed E-state index contributed by atoms with van der Waals surface area (Å²) in [6.07, 6.45) is -0.641. The maximum Gasteiger partial charge on any atom is 0.305 e. The van der Waals surface area contributed by atoms with Crippen LogP contribution >= 0.6 is 15.9 Å². The second-order valence-electron chi connectivity index (χ2n) is 10.6. The number of halogens is 1. The molecule has 3 aromatic rings. The number of fused-ring (bicyclic) bond motifs is 1. The van der Waals surface area contributed by atoms with Crippen LogP contribution in [0.25, 0.3) is 10.8 Å². The summed E-state index contributed by atoms with van der Waals surface area (Å²) in [7, 11) is -4.03. The predicted octanol–water partition coefficient (Wildman–Crippen LogP) is 3.82. The third-order valence-electron chi connectivity index (χ3n) is 7.10. The number of aliphatic carboxylic acids is 1. The van der Waals surface area contributed by atoms with E-state index in [0.29, 0.717) is 11.1 Å².